The number of thioether (sulfide) groups is 1. The molecular formula is C12H19NS. The van der Waals surface area contributed by atoms with Gasteiger partial charge in [0.2, 0.25) is 0 Å². The molecule has 0 bridgehead atoms. The molecule has 0 fully saturated rings. The lowest BCUT2D eigenvalue weighted by molar-refractivity contribution is 0.719. The molecule has 1 aromatic rings. The van der Waals surface area contributed by atoms with Gasteiger partial charge in [0.1, 0.15) is 0 Å². The number of hydrogen-bond acceptors (Lipinski definition) is 2. The van der Waals surface area contributed by atoms with Crippen molar-refractivity contribution in [3.63, 3.8) is 0 Å². The molecular weight excluding hydrogens is 190 g/mol. The topological polar surface area (TPSA) is 12.0 Å². The normalized spacial score (nSPS) is 10.4. The van der Waals surface area contributed by atoms with E-state index in [1.807, 2.05) is 11.8 Å². The van der Waals surface area contributed by atoms with Crippen LogP contribution in [0.4, 0.5) is 0 Å². The smallest absolute Gasteiger partial charge is 0.00553 e. The minimum absolute atomic E-state index is 1.09. The number of rotatable bonds is 6. The van der Waals surface area contributed by atoms with Crippen LogP contribution in [0.2, 0.25) is 0 Å². The molecule has 0 aliphatic rings. The van der Waals surface area contributed by atoms with E-state index in [1.54, 1.807) is 0 Å². The molecule has 0 heterocycles. The average molecular weight is 209 g/mol. The van der Waals surface area contributed by atoms with E-state index in [0.717, 1.165) is 19.5 Å². The zero-order chi connectivity index (χ0) is 10.2. The molecule has 0 unspecified atom stereocenters. The summed E-state index contributed by atoms with van der Waals surface area (Å²) in [5.74, 6) is 1.20. The predicted octanol–water partition coefficient (Wildman–Crippen LogP) is 2.49. The van der Waals surface area contributed by atoms with Gasteiger partial charge in [-0.15, -0.1) is 0 Å². The Labute approximate surface area is 91.3 Å². The summed E-state index contributed by atoms with van der Waals surface area (Å²) >= 11 is 1.89. The van der Waals surface area contributed by atoms with Crippen LogP contribution in [0.25, 0.3) is 0 Å². The van der Waals surface area contributed by atoms with Crippen LogP contribution in [0.1, 0.15) is 11.1 Å². The van der Waals surface area contributed by atoms with Crippen LogP contribution < -0.4 is 5.32 Å². The lowest BCUT2D eigenvalue weighted by Crippen LogP contribution is -2.20. The SMILES string of the molecule is CSCCNCCc1ccccc1C. The van der Waals surface area contributed by atoms with Gasteiger partial charge >= 0.3 is 0 Å². The van der Waals surface area contributed by atoms with Gasteiger partial charge in [0.25, 0.3) is 0 Å². The molecule has 2 heteroatoms. The van der Waals surface area contributed by atoms with Gasteiger partial charge in [-0.1, -0.05) is 24.3 Å². The van der Waals surface area contributed by atoms with Gasteiger partial charge < -0.3 is 5.32 Å². The fraction of sp³-hybridized carbons (Fsp3) is 0.500. The molecule has 0 radical (unpaired) electrons. The number of hydrogen-bond donors (Lipinski definition) is 1. The maximum absolute atomic E-state index is 3.44. The third-order valence-corrected chi connectivity index (χ3v) is 2.93. The van der Waals surface area contributed by atoms with Crippen molar-refractivity contribution >= 4 is 11.8 Å². The van der Waals surface area contributed by atoms with Gasteiger partial charge in [-0.25, -0.2) is 0 Å². The average Bonchev–Trinajstić information content (AvgIpc) is 2.20. The Morgan fingerprint density at radius 2 is 2.00 bits per heavy atom. The molecule has 1 nitrogen and oxygen atoms in total. The van der Waals surface area contributed by atoms with Crippen molar-refractivity contribution in [2.45, 2.75) is 13.3 Å². The molecule has 1 N–H and O–H groups in total. The standard InChI is InChI=1S/C12H19NS/c1-11-5-3-4-6-12(11)7-8-13-9-10-14-2/h3-6,13H,7-10H2,1-2H3. The Kier molecular flexibility index (Phi) is 5.72. The lowest BCUT2D eigenvalue weighted by atomic mass is 10.1. The van der Waals surface area contributed by atoms with Crippen LogP contribution in [0, 0.1) is 6.92 Å². The van der Waals surface area contributed by atoms with E-state index in [1.165, 1.54) is 16.9 Å². The van der Waals surface area contributed by atoms with Gasteiger partial charge in [0.05, 0.1) is 0 Å². The van der Waals surface area contributed by atoms with Gasteiger partial charge in [-0.3, -0.25) is 0 Å². The monoisotopic (exact) mass is 209 g/mol. The summed E-state index contributed by atoms with van der Waals surface area (Å²) in [5, 5.41) is 3.44. The summed E-state index contributed by atoms with van der Waals surface area (Å²) in [6.45, 7) is 4.38. The first-order valence-electron chi connectivity index (χ1n) is 5.08. The number of nitrogens with one attached hydrogen (secondary N) is 1. The highest BCUT2D eigenvalue weighted by Gasteiger charge is 1.95. The van der Waals surface area contributed by atoms with Crippen molar-refractivity contribution < 1.29 is 0 Å². The molecule has 0 saturated carbocycles. The minimum atomic E-state index is 1.09. The van der Waals surface area contributed by atoms with Crippen molar-refractivity contribution in [2.24, 2.45) is 0 Å². The Morgan fingerprint density at radius 3 is 2.71 bits per heavy atom. The summed E-state index contributed by atoms with van der Waals surface area (Å²) < 4.78 is 0. The van der Waals surface area contributed by atoms with E-state index >= 15 is 0 Å². The van der Waals surface area contributed by atoms with Gasteiger partial charge in [-0.2, -0.15) is 11.8 Å². The lowest BCUT2D eigenvalue weighted by Gasteiger charge is -2.06. The summed E-state index contributed by atoms with van der Waals surface area (Å²) in [6, 6.07) is 8.60. The van der Waals surface area contributed by atoms with Crippen LogP contribution in [0.15, 0.2) is 24.3 Å². The zero-order valence-electron chi connectivity index (χ0n) is 9.05. The van der Waals surface area contributed by atoms with E-state index in [4.69, 9.17) is 0 Å². The van der Waals surface area contributed by atoms with E-state index in [9.17, 15) is 0 Å². The predicted molar refractivity (Wildman–Crippen MR) is 66.1 cm³/mol. The first-order chi connectivity index (χ1) is 6.84. The van der Waals surface area contributed by atoms with Crippen LogP contribution in [-0.2, 0) is 6.42 Å². The van der Waals surface area contributed by atoms with Crippen molar-refractivity contribution in [3.8, 4) is 0 Å². The van der Waals surface area contributed by atoms with Crippen molar-refractivity contribution in [2.75, 3.05) is 25.1 Å². The molecule has 1 rings (SSSR count). The largest absolute Gasteiger partial charge is 0.316 e. The highest BCUT2D eigenvalue weighted by atomic mass is 32.2. The zero-order valence-corrected chi connectivity index (χ0v) is 9.86. The van der Waals surface area contributed by atoms with Crippen LogP contribution in [-0.4, -0.2) is 25.1 Å². The molecule has 1 aromatic carbocycles. The summed E-state index contributed by atoms with van der Waals surface area (Å²) in [6.07, 6.45) is 3.28. The number of aryl methyl sites for hydroxylation is 1. The van der Waals surface area contributed by atoms with Crippen LogP contribution >= 0.6 is 11.8 Å². The fourth-order valence-electron chi connectivity index (χ4n) is 1.41. The van der Waals surface area contributed by atoms with E-state index < -0.39 is 0 Å². The molecule has 78 valence electrons. The van der Waals surface area contributed by atoms with E-state index in [0.29, 0.717) is 0 Å². The van der Waals surface area contributed by atoms with Crippen molar-refractivity contribution in [1.82, 2.24) is 5.32 Å². The highest BCUT2D eigenvalue weighted by Crippen LogP contribution is 2.06. The Balaban J connectivity index is 2.21. The van der Waals surface area contributed by atoms with Crippen molar-refractivity contribution in [3.05, 3.63) is 35.4 Å². The summed E-state index contributed by atoms with van der Waals surface area (Å²) in [5.41, 5.74) is 2.86. The molecule has 14 heavy (non-hydrogen) atoms. The Hall–Kier alpha value is -0.470. The fourth-order valence-corrected chi connectivity index (χ4v) is 1.76. The maximum Gasteiger partial charge on any atom is 0.00553 e. The Morgan fingerprint density at radius 1 is 1.21 bits per heavy atom. The molecule has 0 aliphatic heterocycles. The quantitative estimate of drug-likeness (QED) is 0.722. The maximum atomic E-state index is 3.44. The molecule has 0 aliphatic carbocycles. The minimum Gasteiger partial charge on any atom is -0.316 e. The highest BCUT2D eigenvalue weighted by molar-refractivity contribution is 7.98. The summed E-state index contributed by atoms with van der Waals surface area (Å²) in [4.78, 5) is 0. The second-order valence-corrected chi connectivity index (χ2v) is 4.40. The second-order valence-electron chi connectivity index (χ2n) is 3.42. The first kappa shape index (κ1) is 11.6. The van der Waals surface area contributed by atoms with Crippen molar-refractivity contribution in [1.29, 1.82) is 0 Å². The molecule has 0 spiro atoms. The molecule has 0 saturated heterocycles. The molecule has 0 amide bonds. The molecule has 0 atom stereocenters. The molecule has 0 aromatic heterocycles. The number of benzene rings is 1. The summed E-state index contributed by atoms with van der Waals surface area (Å²) in [7, 11) is 0. The van der Waals surface area contributed by atoms with E-state index in [2.05, 4.69) is 42.8 Å². The van der Waals surface area contributed by atoms with Gasteiger partial charge in [0.15, 0.2) is 0 Å². The Bertz CT molecular complexity index is 260. The van der Waals surface area contributed by atoms with Crippen LogP contribution in [0.5, 0.6) is 0 Å². The third-order valence-electron chi connectivity index (χ3n) is 2.32. The van der Waals surface area contributed by atoms with Crippen LogP contribution in [0.3, 0.4) is 0 Å². The van der Waals surface area contributed by atoms with Gasteiger partial charge in [0, 0.05) is 12.3 Å². The van der Waals surface area contributed by atoms with E-state index in [-0.39, 0.29) is 0 Å². The second kappa shape index (κ2) is 6.91. The third kappa shape index (κ3) is 4.16. The van der Waals surface area contributed by atoms with Gasteiger partial charge in [-0.05, 0) is 37.3 Å². The first-order valence-corrected chi connectivity index (χ1v) is 6.48.